The van der Waals surface area contributed by atoms with E-state index in [1.165, 1.54) is 45.9 Å². The van der Waals surface area contributed by atoms with Crippen LogP contribution in [0, 0.1) is 54.1 Å². The van der Waals surface area contributed by atoms with Crippen molar-refractivity contribution in [3.8, 4) is 0 Å². The van der Waals surface area contributed by atoms with Crippen molar-refractivity contribution >= 4 is 0 Å². The first-order valence-corrected chi connectivity index (χ1v) is 39.0. The number of pyridine rings is 4. The Morgan fingerprint density at radius 3 is 1.00 bits per heavy atom. The second-order valence-electron chi connectivity index (χ2n) is 40.5. The molecule has 10 aromatic rings. The number of rotatable bonds is 11. The molecule has 9 aromatic heterocycles. The van der Waals surface area contributed by atoms with E-state index in [-0.39, 0.29) is 52.0 Å². The molecular formula is C104H179N7O3. The molecule has 0 radical (unpaired) electrons. The van der Waals surface area contributed by atoms with E-state index in [1.807, 2.05) is 116 Å². The lowest BCUT2D eigenvalue weighted by molar-refractivity contribution is 0.320. The highest BCUT2D eigenvalue weighted by Gasteiger charge is 2.18. The van der Waals surface area contributed by atoms with Crippen LogP contribution in [0.3, 0.4) is 0 Å². The van der Waals surface area contributed by atoms with Crippen molar-refractivity contribution in [1.29, 1.82) is 0 Å². The Kier molecular flexibility index (Phi) is 60.8. The van der Waals surface area contributed by atoms with E-state index >= 15 is 0 Å². The van der Waals surface area contributed by atoms with Crippen molar-refractivity contribution in [3.63, 3.8) is 0 Å². The molecular weight excluding hydrogens is 1400 g/mol. The van der Waals surface area contributed by atoms with Gasteiger partial charge in [-0.05, 0) is 207 Å². The molecule has 0 fully saturated rings. The lowest BCUT2D eigenvalue weighted by atomic mass is 9.88. The Morgan fingerprint density at radius 2 is 0.693 bits per heavy atom. The fraction of sp³-hybridized carbons (Fsp3) is 0.567. The van der Waals surface area contributed by atoms with Crippen LogP contribution in [0.2, 0.25) is 0 Å². The van der Waals surface area contributed by atoms with Gasteiger partial charge in [0.15, 0.2) is 0 Å². The van der Waals surface area contributed by atoms with Gasteiger partial charge in [-0.25, -0.2) is 0 Å². The van der Waals surface area contributed by atoms with Crippen LogP contribution in [0.15, 0.2) is 227 Å². The highest BCUT2D eigenvalue weighted by Crippen LogP contribution is 2.27. The monoisotopic (exact) mass is 1570 g/mol. The summed E-state index contributed by atoms with van der Waals surface area (Å²) in [5.74, 6) is 3.14. The molecule has 114 heavy (non-hydrogen) atoms. The summed E-state index contributed by atoms with van der Waals surface area (Å²) in [6.45, 7) is 67.0. The number of hydrogen-bond donors (Lipinski definition) is 1. The second-order valence-corrected chi connectivity index (χ2v) is 40.5. The molecule has 9 heterocycles. The quantitative estimate of drug-likeness (QED) is 0.136. The molecule has 0 amide bonds. The number of aromatic nitrogens is 7. The maximum atomic E-state index is 5.23. The van der Waals surface area contributed by atoms with Gasteiger partial charge in [-0.1, -0.05) is 319 Å². The van der Waals surface area contributed by atoms with Crippen LogP contribution in [0.25, 0.3) is 0 Å². The lowest BCUT2D eigenvalue weighted by Gasteiger charge is -2.18. The molecule has 0 bridgehead atoms. The third kappa shape index (κ3) is 75.5. The highest BCUT2D eigenvalue weighted by atomic mass is 16.5. The summed E-state index contributed by atoms with van der Waals surface area (Å²) in [7, 11) is 2.10. The fourth-order valence-corrected chi connectivity index (χ4v) is 10.5. The van der Waals surface area contributed by atoms with Crippen molar-refractivity contribution in [2.75, 3.05) is 0 Å². The molecule has 10 rings (SSSR count). The summed E-state index contributed by atoms with van der Waals surface area (Å²) in [6, 6.07) is 49.3. The van der Waals surface area contributed by atoms with Gasteiger partial charge in [0.2, 0.25) is 0 Å². The molecule has 0 atom stereocenters. The highest BCUT2D eigenvalue weighted by molar-refractivity contribution is 5.17. The molecule has 0 aliphatic heterocycles. The van der Waals surface area contributed by atoms with Gasteiger partial charge in [0, 0.05) is 105 Å². The second kappa shape index (κ2) is 58.1. The van der Waals surface area contributed by atoms with Crippen molar-refractivity contribution in [3.05, 3.63) is 271 Å². The van der Waals surface area contributed by atoms with Gasteiger partial charge in [0.1, 0.15) is 17.3 Å². The summed E-state index contributed by atoms with van der Waals surface area (Å²) in [5, 5.41) is 3.63. The SMILES string of the molecule is C.C.C.C.C.C.C.CC(C)(C)CCc1ccco1.CC(C)(C)Cc1ccc[nH]1.CC(C)(C)Cc1ccccc1.CC(C)(C)Cc1ccccn1.CC(C)(C)Cc1ccccn1.CC(C)(C)Cc1cccnc1.CC(C)(C)Cc1cccnc1.CC(C)(C)Cc1ccco1.CC(C)(C)Cc1ccno1.Cn1cccc1CC(C)(C)C. The minimum atomic E-state index is 0. The van der Waals surface area contributed by atoms with E-state index < -0.39 is 0 Å². The first kappa shape index (κ1) is 119. The maximum Gasteiger partial charge on any atom is 0.137 e. The average molecular weight is 1580 g/mol. The Hall–Kier alpha value is -7.85. The summed E-state index contributed by atoms with van der Waals surface area (Å²) in [6.07, 6.45) is 32.3. The normalized spacial score (nSPS) is 11.0. The standard InChI is InChI=1S/C11H16.C10H17N.4C10H15N.C10H16O.C9H15N.C9H14O.C8H13NO.7CH4/c1-11(2,3)9-10-7-5-4-6-8-10;1-10(2,3)8-9-6-5-7-11(9)4;2*1-10(2,3)7-9-5-4-6-11-8-9;2*1-10(2,3)8-9-6-4-5-7-11-9;1-10(2,3)7-6-9-5-4-8-11-9;2*1-9(2,3)7-8-5-4-6-10-8;1-8(2,3)6-7-4-5-9-10-7;;;;;;;/h4-8H,9H2,1-3H3;5-7H,8H2,1-4H3;2*4-6,8H,7H2,1-3H3;2*4-7H,8H2,1-3H3;4-5,8H,6-7H2,1-3H3;4-6,10H,7H2,1-3H3;4-6H,7H2,1-3H3;4-5H,6H2,1-3H3;7*1H4. The summed E-state index contributed by atoms with van der Waals surface area (Å²) < 4.78 is 17.6. The van der Waals surface area contributed by atoms with E-state index in [9.17, 15) is 0 Å². The summed E-state index contributed by atoms with van der Waals surface area (Å²) in [5.41, 5.74) is 12.8. The number of hydrogen-bond acceptors (Lipinski definition) is 8. The third-order valence-corrected chi connectivity index (χ3v) is 14.7. The van der Waals surface area contributed by atoms with E-state index in [0.717, 1.165) is 81.5 Å². The Balaban J connectivity index is -0.000000222. The molecule has 0 saturated heterocycles. The predicted octanol–water partition coefficient (Wildman–Crippen LogP) is 32.0. The van der Waals surface area contributed by atoms with Crippen LogP contribution in [0.5, 0.6) is 0 Å². The molecule has 0 spiro atoms. The molecule has 10 heteroatoms. The Labute approximate surface area is 706 Å². The average Bonchev–Trinajstić information content (AvgIpc) is 1.75. The molecule has 0 aliphatic carbocycles. The zero-order valence-electron chi connectivity index (χ0n) is 73.4. The molecule has 10 nitrogen and oxygen atoms in total. The van der Waals surface area contributed by atoms with Gasteiger partial charge in [0.25, 0.3) is 0 Å². The summed E-state index contributed by atoms with van der Waals surface area (Å²) >= 11 is 0. The molecule has 0 aliphatic rings. The van der Waals surface area contributed by atoms with Gasteiger partial charge in [-0.2, -0.15) is 0 Å². The zero-order valence-corrected chi connectivity index (χ0v) is 73.4. The number of aromatic amines is 1. The van der Waals surface area contributed by atoms with Gasteiger partial charge < -0.3 is 22.9 Å². The van der Waals surface area contributed by atoms with Gasteiger partial charge in [0.05, 0.1) is 18.7 Å². The predicted molar refractivity (Wildman–Crippen MR) is 507 cm³/mol. The van der Waals surface area contributed by atoms with E-state index in [2.05, 4.69) is 328 Å². The Morgan fingerprint density at radius 1 is 0.307 bits per heavy atom. The van der Waals surface area contributed by atoms with Gasteiger partial charge in [-0.15, -0.1) is 0 Å². The maximum absolute atomic E-state index is 5.23. The Bertz CT molecular complexity index is 3250. The van der Waals surface area contributed by atoms with Crippen LogP contribution in [-0.2, 0) is 71.3 Å². The van der Waals surface area contributed by atoms with Gasteiger partial charge >= 0.3 is 0 Å². The number of H-pyrrole nitrogens is 1. The molecule has 0 unspecified atom stereocenters. The number of nitrogens with zero attached hydrogens (tertiary/aromatic N) is 6. The topological polar surface area (TPSA) is 125 Å². The van der Waals surface area contributed by atoms with Crippen molar-refractivity contribution in [2.24, 2.45) is 61.2 Å². The number of furan rings is 2. The molecule has 1 N–H and O–H groups in total. The van der Waals surface area contributed by atoms with Crippen molar-refractivity contribution in [1.82, 2.24) is 34.6 Å². The van der Waals surface area contributed by atoms with Crippen LogP contribution in [0.4, 0.5) is 0 Å². The minimum absolute atomic E-state index is 0. The van der Waals surface area contributed by atoms with E-state index in [1.54, 1.807) is 18.7 Å². The first-order valence-electron chi connectivity index (χ1n) is 39.0. The minimum Gasteiger partial charge on any atom is -0.469 e. The van der Waals surface area contributed by atoms with Crippen LogP contribution >= 0.6 is 0 Å². The lowest BCUT2D eigenvalue weighted by Crippen LogP contribution is -2.11. The fourth-order valence-electron chi connectivity index (χ4n) is 10.5. The van der Waals surface area contributed by atoms with Crippen LogP contribution in [0.1, 0.15) is 323 Å². The zero-order chi connectivity index (χ0) is 81.2. The summed E-state index contributed by atoms with van der Waals surface area (Å²) in [4.78, 5) is 19.9. The molecule has 1 aromatic carbocycles. The van der Waals surface area contributed by atoms with Crippen molar-refractivity contribution < 1.29 is 13.4 Å². The third-order valence-electron chi connectivity index (χ3n) is 14.7. The number of benzene rings is 1. The number of nitrogens with one attached hydrogen (secondary N) is 1. The molecule has 0 saturated carbocycles. The van der Waals surface area contributed by atoms with Crippen molar-refractivity contribution in [2.45, 2.75) is 330 Å². The van der Waals surface area contributed by atoms with Crippen LogP contribution < -0.4 is 0 Å². The van der Waals surface area contributed by atoms with E-state index in [4.69, 9.17) is 13.4 Å². The smallest absolute Gasteiger partial charge is 0.137 e. The number of aryl methyl sites for hydroxylation is 2. The largest absolute Gasteiger partial charge is 0.469 e. The van der Waals surface area contributed by atoms with Gasteiger partial charge in [-0.3, -0.25) is 19.9 Å². The first-order chi connectivity index (χ1) is 49.2. The molecule has 648 valence electrons. The van der Waals surface area contributed by atoms with Crippen LogP contribution in [-0.4, -0.2) is 34.6 Å². The van der Waals surface area contributed by atoms with E-state index in [0.29, 0.717) is 54.1 Å².